The van der Waals surface area contributed by atoms with Crippen molar-refractivity contribution in [1.29, 1.82) is 0 Å². The lowest BCUT2D eigenvalue weighted by Crippen LogP contribution is -2.25. The molecule has 0 atom stereocenters. The maximum atomic E-state index is 13.7. The van der Waals surface area contributed by atoms with E-state index >= 15 is 0 Å². The molecule has 0 saturated heterocycles. The zero-order valence-electron chi connectivity index (χ0n) is 22.5. The van der Waals surface area contributed by atoms with E-state index in [1.54, 1.807) is 42.6 Å². The summed E-state index contributed by atoms with van der Waals surface area (Å²) in [6.07, 6.45) is 6.89. The summed E-state index contributed by atoms with van der Waals surface area (Å²) in [5.74, 6) is 1.19. The van der Waals surface area contributed by atoms with Gasteiger partial charge in [-0.05, 0) is 93.2 Å². The zero-order chi connectivity index (χ0) is 29.8. The summed E-state index contributed by atoms with van der Waals surface area (Å²) >= 11 is 16.5. The fraction of sp³-hybridized carbons (Fsp3) is 0.267. The maximum absolute atomic E-state index is 13.7. The Labute approximate surface area is 272 Å². The van der Waals surface area contributed by atoms with E-state index in [-0.39, 0.29) is 24.0 Å². The molecule has 218 valence electrons. The van der Waals surface area contributed by atoms with E-state index in [1.807, 2.05) is 12.1 Å². The largest absolute Gasteiger partial charge is 0.493 e. The number of ether oxygens (including phenoxy) is 2. The Morgan fingerprint density at radius 1 is 1.10 bits per heavy atom. The van der Waals surface area contributed by atoms with Crippen LogP contribution in [0.4, 0.5) is 5.69 Å². The van der Waals surface area contributed by atoms with Crippen molar-refractivity contribution in [2.24, 2.45) is 5.10 Å². The molecule has 0 radical (unpaired) electrons. The van der Waals surface area contributed by atoms with Crippen molar-refractivity contribution in [3.8, 4) is 11.5 Å². The van der Waals surface area contributed by atoms with Crippen molar-refractivity contribution in [2.45, 2.75) is 38.0 Å². The van der Waals surface area contributed by atoms with Gasteiger partial charge in [-0.15, -0.1) is 0 Å². The highest BCUT2D eigenvalue weighted by Gasteiger charge is 2.23. The minimum Gasteiger partial charge on any atom is -0.493 e. The van der Waals surface area contributed by atoms with Crippen molar-refractivity contribution in [2.75, 3.05) is 19.0 Å². The molecule has 5 rings (SSSR count). The van der Waals surface area contributed by atoms with Crippen molar-refractivity contribution in [3.63, 3.8) is 0 Å². The van der Waals surface area contributed by atoms with Crippen LogP contribution in [-0.2, 0) is 4.79 Å². The summed E-state index contributed by atoms with van der Waals surface area (Å²) in [6.45, 7) is -0.254. The molecule has 3 aromatic carbocycles. The number of carbonyl (C=O) groups is 1. The van der Waals surface area contributed by atoms with Crippen molar-refractivity contribution in [3.05, 3.63) is 88.7 Å². The van der Waals surface area contributed by atoms with Crippen LogP contribution in [0.25, 0.3) is 10.9 Å². The molecule has 0 bridgehead atoms. The van der Waals surface area contributed by atoms with Gasteiger partial charge in [-0.25, -0.2) is 4.98 Å². The number of carbonyl (C=O) groups excluding carboxylic acids is 1. The highest BCUT2D eigenvalue weighted by atomic mass is 79.9. The average molecular weight is 782 g/mol. The lowest BCUT2D eigenvalue weighted by atomic mass is 9.88. The summed E-state index contributed by atoms with van der Waals surface area (Å²) in [6, 6.07) is 14.0. The molecule has 1 amide bonds. The van der Waals surface area contributed by atoms with Crippen LogP contribution in [0.3, 0.4) is 0 Å². The van der Waals surface area contributed by atoms with Gasteiger partial charge in [0.15, 0.2) is 18.1 Å². The van der Waals surface area contributed by atoms with E-state index in [2.05, 4.69) is 58.2 Å². The van der Waals surface area contributed by atoms with Gasteiger partial charge in [-0.3, -0.25) is 9.59 Å². The monoisotopic (exact) mass is 778 g/mol. The van der Waals surface area contributed by atoms with E-state index in [1.165, 1.54) is 18.2 Å². The highest BCUT2D eigenvalue weighted by molar-refractivity contribution is 9.13. The molecule has 0 spiro atoms. The van der Waals surface area contributed by atoms with Crippen LogP contribution in [0.15, 0.2) is 71.8 Å². The first kappa shape index (κ1) is 30.7. The number of halogens is 4. The van der Waals surface area contributed by atoms with Crippen LogP contribution < -0.4 is 20.3 Å². The molecule has 1 aliphatic carbocycles. The minimum absolute atomic E-state index is 0.149. The van der Waals surface area contributed by atoms with E-state index in [0.29, 0.717) is 53.4 Å². The molecule has 1 aromatic heterocycles. The molecular weight excluding hydrogens is 756 g/mol. The van der Waals surface area contributed by atoms with Gasteiger partial charge in [0.25, 0.3) is 11.5 Å². The van der Waals surface area contributed by atoms with Gasteiger partial charge in [0.05, 0.1) is 28.7 Å². The lowest BCUT2D eigenvalue weighted by molar-refractivity contribution is -0.118. The number of nitrogens with one attached hydrogen (secondary N) is 1. The van der Waals surface area contributed by atoms with Crippen LogP contribution >= 0.6 is 59.4 Å². The van der Waals surface area contributed by atoms with Crippen molar-refractivity contribution >= 4 is 88.1 Å². The van der Waals surface area contributed by atoms with Crippen LogP contribution in [0.5, 0.6) is 11.5 Å². The summed E-state index contributed by atoms with van der Waals surface area (Å²) in [5, 5.41) is 8.47. The van der Waals surface area contributed by atoms with Gasteiger partial charge in [0, 0.05) is 31.1 Å². The summed E-state index contributed by atoms with van der Waals surface area (Å²) < 4.78 is 14.8. The Balaban J connectivity index is 1.45. The molecule has 1 heterocycles. The standard InChI is InChI=1S/C30H26Br3ClN4O4/c1-41-24-13-18(26(32)27(33)28(24)42-16-25(39)36-21-10-8-20(34)9-11-21)15-35-38-29(17-5-3-2-4-6-17)37-23-12-7-19(31)14-22(23)30(38)40/h7-15,17H,2-6,16H2,1H3,(H,36,39). The smallest absolute Gasteiger partial charge is 0.282 e. The molecule has 0 aliphatic heterocycles. The first-order valence-corrected chi connectivity index (χ1v) is 16.0. The Kier molecular flexibility index (Phi) is 10.0. The quantitative estimate of drug-likeness (QED) is 0.182. The average Bonchev–Trinajstić information content (AvgIpc) is 2.99. The number of aromatic nitrogens is 2. The first-order chi connectivity index (χ1) is 20.2. The molecule has 12 heteroatoms. The van der Waals surface area contributed by atoms with Gasteiger partial charge in [0.1, 0.15) is 5.82 Å². The fourth-order valence-electron chi connectivity index (χ4n) is 4.88. The number of rotatable bonds is 8. The number of fused-ring (bicyclic) bond motifs is 1. The highest BCUT2D eigenvalue weighted by Crippen LogP contribution is 2.42. The van der Waals surface area contributed by atoms with Crippen LogP contribution in [-0.4, -0.2) is 35.5 Å². The van der Waals surface area contributed by atoms with E-state index < -0.39 is 0 Å². The summed E-state index contributed by atoms with van der Waals surface area (Å²) in [4.78, 5) is 31.1. The summed E-state index contributed by atoms with van der Waals surface area (Å²) in [7, 11) is 1.51. The van der Waals surface area contributed by atoms with E-state index in [4.69, 9.17) is 26.1 Å². The third-order valence-electron chi connectivity index (χ3n) is 6.97. The zero-order valence-corrected chi connectivity index (χ0v) is 28.0. The van der Waals surface area contributed by atoms with Crippen LogP contribution in [0, 0.1) is 0 Å². The molecular formula is C30H26Br3ClN4O4. The topological polar surface area (TPSA) is 94.8 Å². The molecule has 4 aromatic rings. The second-order valence-corrected chi connectivity index (χ2v) is 12.7. The number of benzene rings is 3. The molecule has 0 unspecified atom stereocenters. The normalized spacial score (nSPS) is 13.9. The van der Waals surface area contributed by atoms with E-state index in [0.717, 1.165) is 30.2 Å². The number of methoxy groups -OCH3 is 1. The third kappa shape index (κ3) is 6.90. The maximum Gasteiger partial charge on any atom is 0.282 e. The minimum atomic E-state index is -0.349. The Morgan fingerprint density at radius 3 is 2.55 bits per heavy atom. The van der Waals surface area contributed by atoms with Gasteiger partial charge in [-0.1, -0.05) is 46.8 Å². The third-order valence-corrected chi connectivity index (χ3v) is 9.86. The van der Waals surface area contributed by atoms with Crippen LogP contribution in [0.1, 0.15) is 49.4 Å². The Morgan fingerprint density at radius 2 is 1.83 bits per heavy atom. The molecule has 1 N–H and O–H groups in total. The molecule has 8 nitrogen and oxygen atoms in total. The molecule has 1 saturated carbocycles. The second kappa shape index (κ2) is 13.7. The van der Waals surface area contributed by atoms with Crippen molar-refractivity contribution in [1.82, 2.24) is 9.66 Å². The predicted octanol–water partition coefficient (Wildman–Crippen LogP) is 8.29. The van der Waals surface area contributed by atoms with Gasteiger partial charge in [-0.2, -0.15) is 9.78 Å². The summed E-state index contributed by atoms with van der Waals surface area (Å²) in [5.41, 5.74) is 1.66. The second-order valence-electron chi connectivity index (χ2n) is 9.80. The Hall–Kier alpha value is -2.73. The number of anilines is 1. The van der Waals surface area contributed by atoms with Crippen molar-refractivity contribution < 1.29 is 14.3 Å². The van der Waals surface area contributed by atoms with Crippen LogP contribution in [0.2, 0.25) is 5.02 Å². The number of nitrogens with zero attached hydrogens (tertiary/aromatic N) is 3. The molecule has 1 aliphatic rings. The fourth-order valence-corrected chi connectivity index (χ4v) is 6.30. The lowest BCUT2D eigenvalue weighted by Gasteiger charge is -2.22. The predicted molar refractivity (Wildman–Crippen MR) is 176 cm³/mol. The molecule has 42 heavy (non-hydrogen) atoms. The van der Waals surface area contributed by atoms with Gasteiger partial charge in [0.2, 0.25) is 0 Å². The van der Waals surface area contributed by atoms with Gasteiger partial charge >= 0.3 is 0 Å². The first-order valence-electron chi connectivity index (χ1n) is 13.3. The number of amides is 1. The van der Waals surface area contributed by atoms with Gasteiger partial charge < -0.3 is 14.8 Å². The molecule has 1 fully saturated rings. The van der Waals surface area contributed by atoms with E-state index in [9.17, 15) is 9.59 Å². The number of hydrogen-bond acceptors (Lipinski definition) is 6. The SMILES string of the molecule is COc1cc(C=Nn2c(C3CCCCC3)nc3ccc(Br)cc3c2=O)c(Br)c(Br)c1OCC(=O)Nc1ccc(Cl)cc1. The number of hydrogen-bond donors (Lipinski definition) is 1. The Bertz CT molecular complexity index is 1720.